The van der Waals surface area contributed by atoms with Crippen molar-refractivity contribution in [3.8, 4) is 0 Å². The fraction of sp³-hybridized carbons (Fsp3) is 0.538. The molecule has 3 rings (SSSR count). The second-order valence-electron chi connectivity index (χ2n) is 4.91. The number of rotatable bonds is 2. The lowest BCUT2D eigenvalue weighted by Gasteiger charge is -2.35. The molecular formula is C13H17NO. The molecular weight excluding hydrogens is 186 g/mol. The van der Waals surface area contributed by atoms with Gasteiger partial charge in [0.05, 0.1) is 6.10 Å². The zero-order valence-electron chi connectivity index (χ0n) is 8.84. The van der Waals surface area contributed by atoms with E-state index in [0.29, 0.717) is 5.92 Å². The quantitative estimate of drug-likeness (QED) is 0.787. The van der Waals surface area contributed by atoms with Crippen LogP contribution in [-0.2, 0) is 6.54 Å². The van der Waals surface area contributed by atoms with Crippen LogP contribution in [0.3, 0.4) is 0 Å². The van der Waals surface area contributed by atoms with E-state index in [0.717, 1.165) is 25.4 Å². The maximum Gasteiger partial charge on any atom is 0.0587 e. The molecule has 3 atom stereocenters. The SMILES string of the molecule is OC1CC2CN(Cc3ccccc3)CC12. The molecule has 1 saturated carbocycles. The standard InChI is InChI=1S/C13H17NO/c15-13-6-11-8-14(9-12(11)13)7-10-4-2-1-3-5-10/h1-5,11-13,15H,6-9H2. The Hall–Kier alpha value is -0.860. The summed E-state index contributed by atoms with van der Waals surface area (Å²) < 4.78 is 0. The van der Waals surface area contributed by atoms with Gasteiger partial charge in [-0.2, -0.15) is 0 Å². The van der Waals surface area contributed by atoms with E-state index in [9.17, 15) is 5.11 Å². The second kappa shape index (κ2) is 3.62. The minimum Gasteiger partial charge on any atom is -0.393 e. The van der Waals surface area contributed by atoms with Gasteiger partial charge in [-0.15, -0.1) is 0 Å². The summed E-state index contributed by atoms with van der Waals surface area (Å²) in [5, 5.41) is 9.58. The number of hydrogen-bond donors (Lipinski definition) is 1. The van der Waals surface area contributed by atoms with E-state index in [1.54, 1.807) is 0 Å². The van der Waals surface area contributed by atoms with Crippen LogP contribution in [0.4, 0.5) is 0 Å². The van der Waals surface area contributed by atoms with E-state index >= 15 is 0 Å². The summed E-state index contributed by atoms with van der Waals surface area (Å²) in [7, 11) is 0. The Kier molecular flexibility index (Phi) is 2.26. The maximum atomic E-state index is 9.58. The first-order valence-corrected chi connectivity index (χ1v) is 5.77. The maximum absolute atomic E-state index is 9.58. The van der Waals surface area contributed by atoms with Crippen LogP contribution >= 0.6 is 0 Å². The van der Waals surface area contributed by atoms with Crippen molar-refractivity contribution in [1.29, 1.82) is 0 Å². The largest absolute Gasteiger partial charge is 0.393 e. The summed E-state index contributed by atoms with van der Waals surface area (Å²) in [6.07, 6.45) is 1.01. The fourth-order valence-corrected chi connectivity index (χ4v) is 2.93. The van der Waals surface area contributed by atoms with Gasteiger partial charge in [0, 0.05) is 25.6 Å². The first kappa shape index (κ1) is 9.37. The third-order valence-corrected chi connectivity index (χ3v) is 3.85. The molecule has 0 bridgehead atoms. The molecule has 0 aromatic heterocycles. The summed E-state index contributed by atoms with van der Waals surface area (Å²) in [5.74, 6) is 1.33. The summed E-state index contributed by atoms with van der Waals surface area (Å²) in [6, 6.07) is 10.6. The summed E-state index contributed by atoms with van der Waals surface area (Å²) in [6.45, 7) is 3.30. The smallest absolute Gasteiger partial charge is 0.0587 e. The highest BCUT2D eigenvalue weighted by atomic mass is 16.3. The molecule has 1 aliphatic carbocycles. The van der Waals surface area contributed by atoms with E-state index in [2.05, 4.69) is 35.2 Å². The van der Waals surface area contributed by atoms with Crippen LogP contribution in [-0.4, -0.2) is 29.2 Å². The van der Waals surface area contributed by atoms with Gasteiger partial charge in [-0.05, 0) is 17.9 Å². The van der Waals surface area contributed by atoms with Gasteiger partial charge in [-0.3, -0.25) is 4.90 Å². The molecule has 2 nitrogen and oxygen atoms in total. The summed E-state index contributed by atoms with van der Waals surface area (Å²) in [4.78, 5) is 2.47. The number of fused-ring (bicyclic) bond motifs is 1. The highest BCUT2D eigenvalue weighted by Gasteiger charge is 2.45. The van der Waals surface area contributed by atoms with E-state index in [-0.39, 0.29) is 6.10 Å². The normalized spacial score (nSPS) is 34.9. The van der Waals surface area contributed by atoms with Crippen LogP contribution in [0.25, 0.3) is 0 Å². The monoisotopic (exact) mass is 203 g/mol. The van der Waals surface area contributed by atoms with Gasteiger partial charge in [0.25, 0.3) is 0 Å². The van der Waals surface area contributed by atoms with E-state index in [1.165, 1.54) is 12.1 Å². The van der Waals surface area contributed by atoms with Crippen LogP contribution in [0, 0.1) is 11.8 Å². The van der Waals surface area contributed by atoms with Crippen molar-refractivity contribution in [2.75, 3.05) is 13.1 Å². The second-order valence-corrected chi connectivity index (χ2v) is 4.91. The number of benzene rings is 1. The number of aliphatic hydroxyl groups excluding tert-OH is 1. The third kappa shape index (κ3) is 1.68. The zero-order valence-corrected chi connectivity index (χ0v) is 8.84. The number of hydrogen-bond acceptors (Lipinski definition) is 2. The molecule has 2 aliphatic rings. The van der Waals surface area contributed by atoms with Crippen molar-refractivity contribution in [2.45, 2.75) is 19.1 Å². The van der Waals surface area contributed by atoms with Crippen molar-refractivity contribution in [3.63, 3.8) is 0 Å². The minimum atomic E-state index is -0.0178. The van der Waals surface area contributed by atoms with Gasteiger partial charge in [-0.25, -0.2) is 0 Å². The molecule has 1 heterocycles. The molecule has 3 unspecified atom stereocenters. The van der Waals surface area contributed by atoms with Crippen molar-refractivity contribution in [1.82, 2.24) is 4.90 Å². The average Bonchev–Trinajstić information content (AvgIpc) is 2.57. The lowest BCUT2D eigenvalue weighted by atomic mass is 9.74. The molecule has 15 heavy (non-hydrogen) atoms. The van der Waals surface area contributed by atoms with Crippen molar-refractivity contribution < 1.29 is 5.11 Å². The predicted octanol–water partition coefficient (Wildman–Crippen LogP) is 1.50. The molecule has 80 valence electrons. The number of aliphatic hydroxyl groups is 1. The topological polar surface area (TPSA) is 23.5 Å². The zero-order chi connectivity index (χ0) is 10.3. The van der Waals surface area contributed by atoms with Crippen molar-refractivity contribution in [2.24, 2.45) is 11.8 Å². The van der Waals surface area contributed by atoms with Gasteiger partial charge >= 0.3 is 0 Å². The fourth-order valence-electron chi connectivity index (χ4n) is 2.93. The third-order valence-electron chi connectivity index (χ3n) is 3.85. The predicted molar refractivity (Wildman–Crippen MR) is 59.3 cm³/mol. The Morgan fingerprint density at radius 3 is 2.67 bits per heavy atom. The number of nitrogens with zero attached hydrogens (tertiary/aromatic N) is 1. The minimum absolute atomic E-state index is 0.0178. The number of likely N-dealkylation sites (tertiary alicyclic amines) is 1. The van der Waals surface area contributed by atoms with Crippen LogP contribution < -0.4 is 0 Å². The van der Waals surface area contributed by atoms with Crippen molar-refractivity contribution in [3.05, 3.63) is 35.9 Å². The van der Waals surface area contributed by atoms with Crippen LogP contribution in [0.15, 0.2) is 30.3 Å². The Labute approximate surface area is 90.5 Å². The first-order valence-electron chi connectivity index (χ1n) is 5.77. The molecule has 1 aromatic rings. The van der Waals surface area contributed by atoms with Crippen LogP contribution in [0.5, 0.6) is 0 Å². The van der Waals surface area contributed by atoms with Gasteiger partial charge in [0.15, 0.2) is 0 Å². The molecule has 2 fully saturated rings. The molecule has 1 aromatic carbocycles. The highest BCUT2D eigenvalue weighted by Crippen LogP contribution is 2.41. The van der Waals surface area contributed by atoms with Crippen LogP contribution in [0.2, 0.25) is 0 Å². The lowest BCUT2D eigenvalue weighted by molar-refractivity contribution is -0.00435. The average molecular weight is 203 g/mol. The van der Waals surface area contributed by atoms with E-state index in [4.69, 9.17) is 0 Å². The van der Waals surface area contributed by atoms with Crippen molar-refractivity contribution >= 4 is 0 Å². The van der Waals surface area contributed by atoms with Gasteiger partial charge in [0.1, 0.15) is 0 Å². The van der Waals surface area contributed by atoms with E-state index in [1.807, 2.05) is 0 Å². The van der Waals surface area contributed by atoms with Crippen LogP contribution in [0.1, 0.15) is 12.0 Å². The van der Waals surface area contributed by atoms with Gasteiger partial charge in [0.2, 0.25) is 0 Å². The van der Waals surface area contributed by atoms with Gasteiger partial charge in [-0.1, -0.05) is 30.3 Å². The van der Waals surface area contributed by atoms with Gasteiger partial charge < -0.3 is 5.11 Å². The molecule has 1 aliphatic heterocycles. The molecule has 0 spiro atoms. The lowest BCUT2D eigenvalue weighted by Crippen LogP contribution is -2.39. The Morgan fingerprint density at radius 1 is 1.20 bits per heavy atom. The molecule has 0 amide bonds. The molecule has 2 heteroatoms. The molecule has 1 N–H and O–H groups in total. The summed E-state index contributed by atoms with van der Waals surface area (Å²) in [5.41, 5.74) is 1.38. The first-order chi connectivity index (χ1) is 7.33. The molecule has 1 saturated heterocycles. The Morgan fingerprint density at radius 2 is 2.00 bits per heavy atom. The Balaban J connectivity index is 1.62. The summed E-state index contributed by atoms with van der Waals surface area (Å²) >= 11 is 0. The van der Waals surface area contributed by atoms with E-state index < -0.39 is 0 Å². The molecule has 0 radical (unpaired) electrons. The highest BCUT2D eigenvalue weighted by molar-refractivity contribution is 5.15. The Bertz CT molecular complexity index is 338.